The molecule has 1 aliphatic rings. The van der Waals surface area contributed by atoms with Crippen molar-refractivity contribution in [2.75, 3.05) is 26.2 Å². The molecule has 0 aromatic heterocycles. The molecule has 0 spiro atoms. The summed E-state index contributed by atoms with van der Waals surface area (Å²) in [5.41, 5.74) is 2.38. The Morgan fingerprint density at radius 1 is 0.944 bits per heavy atom. The van der Waals surface area contributed by atoms with Gasteiger partial charge in [-0.15, -0.1) is 0 Å². The van der Waals surface area contributed by atoms with E-state index in [1.54, 1.807) is 0 Å². The fourth-order valence-corrected chi connectivity index (χ4v) is 5.15. The predicted molar refractivity (Wildman–Crippen MR) is 137 cm³/mol. The number of amides is 1. The van der Waals surface area contributed by atoms with Gasteiger partial charge in [0.15, 0.2) is 11.6 Å². The van der Waals surface area contributed by atoms with Gasteiger partial charge in [-0.3, -0.25) is 14.5 Å². The number of carbonyl (C=O) groups is 2. The summed E-state index contributed by atoms with van der Waals surface area (Å²) in [5, 5.41) is 10.3. The number of carboxylic acid groups (broad SMARTS) is 1. The average Bonchev–Trinajstić information content (AvgIpc) is 3.25. The van der Waals surface area contributed by atoms with Crippen molar-refractivity contribution in [3.8, 4) is 0 Å². The summed E-state index contributed by atoms with van der Waals surface area (Å²) in [4.78, 5) is 29.8. The van der Waals surface area contributed by atoms with Crippen LogP contribution in [-0.4, -0.2) is 53.0 Å². The van der Waals surface area contributed by atoms with E-state index in [0.717, 1.165) is 55.4 Å². The van der Waals surface area contributed by atoms with Crippen LogP contribution in [0.25, 0.3) is 0 Å². The van der Waals surface area contributed by atoms with Crippen LogP contribution in [0.5, 0.6) is 0 Å². The van der Waals surface area contributed by atoms with Crippen molar-refractivity contribution in [1.29, 1.82) is 0 Å². The lowest BCUT2D eigenvalue weighted by molar-refractivity contribution is -0.144. The number of nitrogens with zero attached hydrogens (tertiary/aromatic N) is 2. The number of rotatable bonds is 12. The normalized spacial score (nSPS) is 20.0. The van der Waals surface area contributed by atoms with Gasteiger partial charge in [0.05, 0.1) is 12.5 Å². The number of likely N-dealkylation sites (tertiary alicyclic amines) is 1. The number of unbranched alkanes of at least 4 members (excludes halogenated alkanes) is 2. The second-order valence-electron chi connectivity index (χ2n) is 9.70. The summed E-state index contributed by atoms with van der Waals surface area (Å²) in [6.07, 6.45) is 4.63. The number of halogens is 2. The van der Waals surface area contributed by atoms with Gasteiger partial charge in [-0.25, -0.2) is 8.78 Å². The molecule has 0 bridgehead atoms. The highest BCUT2D eigenvalue weighted by molar-refractivity contribution is 5.79. The summed E-state index contributed by atoms with van der Waals surface area (Å²) in [7, 11) is 0. The second kappa shape index (κ2) is 12.9. The topological polar surface area (TPSA) is 60.9 Å². The molecule has 0 aliphatic carbocycles. The molecule has 1 heterocycles. The van der Waals surface area contributed by atoms with E-state index in [9.17, 15) is 23.5 Å². The van der Waals surface area contributed by atoms with Gasteiger partial charge in [-0.2, -0.15) is 0 Å². The maximum atomic E-state index is 14.1. The number of carboxylic acids is 1. The molecule has 0 unspecified atom stereocenters. The number of aliphatic carboxylic acids is 1. The first-order chi connectivity index (χ1) is 17.3. The first-order valence-electron chi connectivity index (χ1n) is 13.1. The van der Waals surface area contributed by atoms with E-state index in [4.69, 9.17) is 0 Å². The fraction of sp³-hybridized carbons (Fsp3) is 0.517. The van der Waals surface area contributed by atoms with Crippen molar-refractivity contribution in [3.63, 3.8) is 0 Å². The molecule has 5 nitrogen and oxygen atoms in total. The standard InChI is InChI=1S/C29H38F2N2O3/c1-4-7-15-32(16-8-5-2)26(34)19-33-18-23(22-13-14-24(30)25(31)17-22)27(29(35)36)28(33)21-11-9-20(6-3)10-12-21/h9-14,17,23,27-28H,4-8,15-16,18-19H2,1-3H3,(H,35,36)/t23-,27+,28-/m1/s1. The summed E-state index contributed by atoms with van der Waals surface area (Å²) >= 11 is 0. The van der Waals surface area contributed by atoms with Crippen molar-refractivity contribution in [2.24, 2.45) is 5.92 Å². The molecule has 2 aromatic rings. The molecule has 0 saturated carbocycles. The lowest BCUT2D eigenvalue weighted by atomic mass is 9.82. The van der Waals surface area contributed by atoms with E-state index >= 15 is 0 Å². The lowest BCUT2D eigenvalue weighted by Gasteiger charge is -2.30. The summed E-state index contributed by atoms with van der Waals surface area (Å²) in [6, 6.07) is 10.8. The van der Waals surface area contributed by atoms with Gasteiger partial charge in [0.2, 0.25) is 5.91 Å². The van der Waals surface area contributed by atoms with Gasteiger partial charge >= 0.3 is 5.97 Å². The third kappa shape index (κ3) is 6.49. The van der Waals surface area contributed by atoms with Crippen molar-refractivity contribution in [1.82, 2.24) is 9.80 Å². The fourth-order valence-electron chi connectivity index (χ4n) is 5.15. The SMILES string of the molecule is CCCCN(CCCC)C(=O)CN1C[C@H](c2ccc(F)c(F)c2)[C@H](C(=O)O)[C@H]1c1ccc(CC)cc1. The van der Waals surface area contributed by atoms with E-state index in [1.807, 2.05) is 34.1 Å². The Morgan fingerprint density at radius 2 is 1.56 bits per heavy atom. The zero-order chi connectivity index (χ0) is 26.2. The number of benzene rings is 2. The van der Waals surface area contributed by atoms with Crippen LogP contribution in [0.1, 0.15) is 75.1 Å². The molecule has 3 rings (SSSR count). The molecule has 1 aliphatic heterocycles. The maximum Gasteiger partial charge on any atom is 0.309 e. The minimum atomic E-state index is -1.02. The highest BCUT2D eigenvalue weighted by Crippen LogP contribution is 2.46. The lowest BCUT2D eigenvalue weighted by Crippen LogP contribution is -2.42. The number of hydrogen-bond acceptors (Lipinski definition) is 3. The minimum Gasteiger partial charge on any atom is -0.481 e. The van der Waals surface area contributed by atoms with Crippen LogP contribution in [0.4, 0.5) is 8.78 Å². The monoisotopic (exact) mass is 500 g/mol. The first kappa shape index (κ1) is 27.8. The molecular weight excluding hydrogens is 462 g/mol. The molecule has 1 saturated heterocycles. The molecule has 3 atom stereocenters. The second-order valence-corrected chi connectivity index (χ2v) is 9.70. The minimum absolute atomic E-state index is 0.0258. The van der Waals surface area contributed by atoms with Gasteiger partial charge in [0.25, 0.3) is 0 Å². The van der Waals surface area contributed by atoms with Crippen molar-refractivity contribution in [2.45, 2.75) is 64.8 Å². The van der Waals surface area contributed by atoms with Crippen molar-refractivity contribution >= 4 is 11.9 Å². The Morgan fingerprint density at radius 3 is 2.08 bits per heavy atom. The van der Waals surface area contributed by atoms with Gasteiger partial charge in [0.1, 0.15) is 0 Å². The molecule has 1 N–H and O–H groups in total. The molecule has 1 fully saturated rings. The first-order valence-corrected chi connectivity index (χ1v) is 13.1. The third-order valence-electron chi connectivity index (χ3n) is 7.24. The molecule has 196 valence electrons. The van der Waals surface area contributed by atoms with Gasteiger partial charge in [-0.1, -0.05) is 63.9 Å². The molecule has 2 aromatic carbocycles. The van der Waals surface area contributed by atoms with Crippen LogP contribution in [0.3, 0.4) is 0 Å². The maximum absolute atomic E-state index is 14.1. The van der Waals surface area contributed by atoms with Crippen LogP contribution in [0, 0.1) is 17.6 Å². The Labute approximate surface area is 213 Å². The Kier molecular flexibility index (Phi) is 9.99. The van der Waals surface area contributed by atoms with Crippen LogP contribution in [-0.2, 0) is 16.0 Å². The summed E-state index contributed by atoms with van der Waals surface area (Å²) in [5.74, 6) is -4.50. The van der Waals surface area contributed by atoms with E-state index in [1.165, 1.54) is 6.07 Å². The Balaban J connectivity index is 1.98. The highest BCUT2D eigenvalue weighted by atomic mass is 19.2. The molecule has 36 heavy (non-hydrogen) atoms. The Bertz CT molecular complexity index is 1020. The van der Waals surface area contributed by atoms with Crippen LogP contribution in [0.2, 0.25) is 0 Å². The Hall–Kier alpha value is -2.80. The molecular formula is C29H38F2N2O3. The number of hydrogen-bond donors (Lipinski definition) is 1. The molecule has 0 radical (unpaired) electrons. The third-order valence-corrected chi connectivity index (χ3v) is 7.24. The average molecular weight is 501 g/mol. The van der Waals surface area contributed by atoms with Crippen LogP contribution in [0.15, 0.2) is 42.5 Å². The van der Waals surface area contributed by atoms with Crippen molar-refractivity contribution in [3.05, 3.63) is 70.8 Å². The zero-order valence-electron chi connectivity index (χ0n) is 21.6. The number of aryl methyl sites for hydroxylation is 1. The van der Waals surface area contributed by atoms with E-state index < -0.39 is 35.5 Å². The van der Waals surface area contributed by atoms with Crippen molar-refractivity contribution < 1.29 is 23.5 Å². The zero-order valence-corrected chi connectivity index (χ0v) is 21.6. The molecule has 1 amide bonds. The van der Waals surface area contributed by atoms with Gasteiger partial charge < -0.3 is 10.0 Å². The predicted octanol–water partition coefficient (Wildman–Crippen LogP) is 5.80. The van der Waals surface area contributed by atoms with E-state index in [2.05, 4.69) is 20.8 Å². The smallest absolute Gasteiger partial charge is 0.309 e. The van der Waals surface area contributed by atoms with Gasteiger partial charge in [-0.05, 0) is 48.1 Å². The van der Waals surface area contributed by atoms with Crippen LogP contribution >= 0.6 is 0 Å². The van der Waals surface area contributed by atoms with Gasteiger partial charge in [0, 0.05) is 31.6 Å². The quantitative estimate of drug-likeness (QED) is 0.400. The highest BCUT2D eigenvalue weighted by Gasteiger charge is 2.48. The van der Waals surface area contributed by atoms with Crippen LogP contribution < -0.4 is 0 Å². The number of carbonyl (C=O) groups excluding carboxylic acids is 1. The largest absolute Gasteiger partial charge is 0.481 e. The van der Waals surface area contributed by atoms with E-state index in [0.29, 0.717) is 18.7 Å². The summed E-state index contributed by atoms with van der Waals surface area (Å²) in [6.45, 7) is 7.92. The van der Waals surface area contributed by atoms with E-state index in [-0.39, 0.29) is 19.0 Å². The summed E-state index contributed by atoms with van der Waals surface area (Å²) < 4.78 is 27.8. The molecule has 7 heteroatoms.